The third kappa shape index (κ3) is 6.99. The standard InChI is InChI=1S/C23H29NO4S2/c1-15(2)21(18-11-8-12-29-18)24-20(26)14-30-17-10-7-6-9-16(17)22(27)28-13-19(25)23(3,4)5/h6-12,15,21H,13-14H2,1-5H3,(H,24,26)/t21-/m1/s1. The van der Waals surface area contributed by atoms with Gasteiger partial charge in [0.1, 0.15) is 0 Å². The molecule has 5 nitrogen and oxygen atoms in total. The summed E-state index contributed by atoms with van der Waals surface area (Å²) in [5, 5.41) is 5.08. The highest BCUT2D eigenvalue weighted by Crippen LogP contribution is 2.27. The number of carbonyl (C=O) groups excluding carboxylic acids is 3. The molecule has 0 unspecified atom stereocenters. The van der Waals surface area contributed by atoms with Crippen molar-refractivity contribution in [3.63, 3.8) is 0 Å². The first-order valence-corrected chi connectivity index (χ1v) is 11.7. The molecule has 0 aliphatic heterocycles. The maximum absolute atomic E-state index is 12.5. The van der Waals surface area contributed by atoms with E-state index in [4.69, 9.17) is 4.74 Å². The summed E-state index contributed by atoms with van der Waals surface area (Å²) in [6, 6.07) is 10.9. The Bertz CT molecular complexity index is 870. The molecule has 0 spiro atoms. The van der Waals surface area contributed by atoms with Gasteiger partial charge in [0, 0.05) is 15.2 Å². The highest BCUT2D eigenvalue weighted by atomic mass is 32.2. The van der Waals surface area contributed by atoms with E-state index >= 15 is 0 Å². The minimum absolute atomic E-state index is 0.0401. The van der Waals surface area contributed by atoms with Crippen molar-refractivity contribution >= 4 is 40.8 Å². The summed E-state index contributed by atoms with van der Waals surface area (Å²) in [4.78, 5) is 38.8. The summed E-state index contributed by atoms with van der Waals surface area (Å²) in [6.07, 6.45) is 0. The average Bonchev–Trinajstić information content (AvgIpc) is 3.22. The number of ketones is 1. The Labute approximate surface area is 186 Å². The van der Waals surface area contributed by atoms with Crippen LogP contribution >= 0.6 is 23.1 Å². The first kappa shape index (κ1) is 24.2. The SMILES string of the molecule is CC(C)[C@@H](NC(=O)CSc1ccccc1C(=O)OCC(=O)C(C)(C)C)c1cccs1. The average molecular weight is 448 g/mol. The zero-order chi connectivity index (χ0) is 22.3. The lowest BCUT2D eigenvalue weighted by Crippen LogP contribution is -2.32. The second-order valence-electron chi connectivity index (χ2n) is 8.34. The Morgan fingerprint density at radius 3 is 2.40 bits per heavy atom. The molecule has 162 valence electrons. The maximum Gasteiger partial charge on any atom is 0.339 e. The molecule has 1 aromatic heterocycles. The number of carbonyl (C=O) groups is 3. The van der Waals surface area contributed by atoms with E-state index in [0.29, 0.717) is 10.5 Å². The van der Waals surface area contributed by atoms with E-state index in [2.05, 4.69) is 19.2 Å². The van der Waals surface area contributed by atoms with E-state index in [1.54, 1.807) is 56.4 Å². The summed E-state index contributed by atoms with van der Waals surface area (Å²) in [5.74, 6) is -0.360. The first-order valence-electron chi connectivity index (χ1n) is 9.84. The predicted octanol–water partition coefficient (Wildman–Crippen LogP) is 5.13. The number of thiophene rings is 1. The van der Waals surface area contributed by atoms with E-state index in [1.807, 2.05) is 17.5 Å². The molecular formula is C23H29NO4S2. The Morgan fingerprint density at radius 1 is 1.10 bits per heavy atom. The fraction of sp³-hybridized carbons (Fsp3) is 0.435. The van der Waals surface area contributed by atoms with Crippen LogP contribution in [0.3, 0.4) is 0 Å². The lowest BCUT2D eigenvalue weighted by Gasteiger charge is -2.21. The summed E-state index contributed by atoms with van der Waals surface area (Å²) in [5.41, 5.74) is -0.210. The molecule has 1 amide bonds. The molecule has 0 fully saturated rings. The first-order chi connectivity index (χ1) is 14.1. The van der Waals surface area contributed by atoms with Crippen LogP contribution in [0, 0.1) is 11.3 Å². The fourth-order valence-electron chi connectivity index (χ4n) is 2.58. The second kappa shape index (κ2) is 10.8. The number of rotatable bonds is 9. The Kier molecular flexibility index (Phi) is 8.67. The van der Waals surface area contributed by atoms with Crippen molar-refractivity contribution in [1.82, 2.24) is 5.32 Å². The van der Waals surface area contributed by atoms with Gasteiger partial charge in [0.05, 0.1) is 17.4 Å². The topological polar surface area (TPSA) is 72.5 Å². The predicted molar refractivity (Wildman–Crippen MR) is 122 cm³/mol. The molecular weight excluding hydrogens is 418 g/mol. The van der Waals surface area contributed by atoms with E-state index < -0.39 is 11.4 Å². The molecule has 1 heterocycles. The number of nitrogens with one attached hydrogen (secondary N) is 1. The summed E-state index contributed by atoms with van der Waals surface area (Å²) in [6.45, 7) is 9.23. The number of hydrogen-bond donors (Lipinski definition) is 1. The molecule has 0 radical (unpaired) electrons. The van der Waals surface area contributed by atoms with Gasteiger partial charge in [-0.2, -0.15) is 0 Å². The van der Waals surface area contributed by atoms with Gasteiger partial charge >= 0.3 is 5.97 Å². The van der Waals surface area contributed by atoms with Crippen molar-refractivity contribution in [2.75, 3.05) is 12.4 Å². The molecule has 0 saturated heterocycles. The third-order valence-corrected chi connectivity index (χ3v) is 6.50. The van der Waals surface area contributed by atoms with Crippen LogP contribution in [0.2, 0.25) is 0 Å². The Hall–Kier alpha value is -2.12. The zero-order valence-corrected chi connectivity index (χ0v) is 19.7. The molecule has 7 heteroatoms. The van der Waals surface area contributed by atoms with Crippen LogP contribution in [0.15, 0.2) is 46.7 Å². The Balaban J connectivity index is 1.98. The van der Waals surface area contributed by atoms with Crippen molar-refractivity contribution in [1.29, 1.82) is 0 Å². The van der Waals surface area contributed by atoms with Crippen LogP contribution in [0.1, 0.15) is 55.9 Å². The van der Waals surface area contributed by atoms with Gasteiger partial charge in [-0.25, -0.2) is 4.79 Å². The summed E-state index contributed by atoms with van der Waals surface area (Å²) >= 11 is 2.90. The number of amides is 1. The van der Waals surface area contributed by atoms with Gasteiger partial charge in [-0.1, -0.05) is 52.8 Å². The van der Waals surface area contributed by atoms with Crippen LogP contribution < -0.4 is 5.32 Å². The van der Waals surface area contributed by atoms with Gasteiger partial charge < -0.3 is 10.1 Å². The number of Topliss-reactive ketones (excluding diaryl/α,β-unsaturated/α-hetero) is 1. The van der Waals surface area contributed by atoms with Crippen LogP contribution in [-0.4, -0.2) is 30.0 Å². The molecule has 2 rings (SSSR count). The van der Waals surface area contributed by atoms with Crippen molar-refractivity contribution in [2.24, 2.45) is 11.3 Å². The molecule has 0 aliphatic carbocycles. The largest absolute Gasteiger partial charge is 0.454 e. The van der Waals surface area contributed by atoms with E-state index in [0.717, 1.165) is 4.88 Å². The zero-order valence-electron chi connectivity index (χ0n) is 18.1. The lowest BCUT2D eigenvalue weighted by atomic mass is 9.91. The van der Waals surface area contributed by atoms with Gasteiger partial charge in [-0.05, 0) is 29.5 Å². The molecule has 1 aromatic carbocycles. The number of thioether (sulfide) groups is 1. The van der Waals surface area contributed by atoms with Crippen molar-refractivity contribution in [3.05, 3.63) is 52.2 Å². The van der Waals surface area contributed by atoms with Gasteiger partial charge in [-0.15, -0.1) is 23.1 Å². The van der Waals surface area contributed by atoms with Crippen LogP contribution in [0.25, 0.3) is 0 Å². The van der Waals surface area contributed by atoms with Gasteiger partial charge in [0.25, 0.3) is 0 Å². The van der Waals surface area contributed by atoms with E-state index in [1.165, 1.54) is 11.8 Å². The van der Waals surface area contributed by atoms with Crippen LogP contribution in [-0.2, 0) is 14.3 Å². The molecule has 2 aromatic rings. The number of hydrogen-bond acceptors (Lipinski definition) is 6. The third-order valence-electron chi connectivity index (χ3n) is 4.47. The second-order valence-corrected chi connectivity index (χ2v) is 10.3. The monoisotopic (exact) mass is 447 g/mol. The molecule has 0 aliphatic rings. The summed E-state index contributed by atoms with van der Waals surface area (Å²) in [7, 11) is 0. The van der Waals surface area contributed by atoms with Gasteiger partial charge in [0.15, 0.2) is 12.4 Å². The summed E-state index contributed by atoms with van der Waals surface area (Å²) < 4.78 is 5.21. The fourth-order valence-corrected chi connectivity index (χ4v) is 4.38. The number of benzene rings is 1. The van der Waals surface area contributed by atoms with Gasteiger partial charge in [-0.3, -0.25) is 9.59 Å². The van der Waals surface area contributed by atoms with E-state index in [-0.39, 0.29) is 36.0 Å². The lowest BCUT2D eigenvalue weighted by molar-refractivity contribution is -0.129. The molecule has 0 saturated carbocycles. The maximum atomic E-state index is 12.5. The van der Waals surface area contributed by atoms with Crippen LogP contribution in [0.5, 0.6) is 0 Å². The van der Waals surface area contributed by atoms with Crippen molar-refractivity contribution < 1.29 is 19.1 Å². The van der Waals surface area contributed by atoms with Gasteiger partial charge in [0.2, 0.25) is 5.91 Å². The minimum atomic E-state index is -0.567. The molecule has 30 heavy (non-hydrogen) atoms. The molecule has 1 N–H and O–H groups in total. The number of esters is 1. The van der Waals surface area contributed by atoms with Crippen molar-refractivity contribution in [3.8, 4) is 0 Å². The quantitative estimate of drug-likeness (QED) is 0.426. The van der Waals surface area contributed by atoms with Crippen molar-refractivity contribution in [2.45, 2.75) is 45.6 Å². The van der Waals surface area contributed by atoms with E-state index in [9.17, 15) is 14.4 Å². The molecule has 1 atom stereocenters. The molecule has 0 bridgehead atoms. The minimum Gasteiger partial charge on any atom is -0.454 e. The highest BCUT2D eigenvalue weighted by Gasteiger charge is 2.24. The highest BCUT2D eigenvalue weighted by molar-refractivity contribution is 8.00. The normalized spacial score (nSPS) is 12.5. The Morgan fingerprint density at radius 2 is 1.80 bits per heavy atom. The smallest absolute Gasteiger partial charge is 0.339 e. The number of ether oxygens (including phenoxy) is 1. The van der Waals surface area contributed by atoms with Crippen LogP contribution in [0.4, 0.5) is 0 Å².